The van der Waals surface area contributed by atoms with E-state index in [1.54, 1.807) is 0 Å². The van der Waals surface area contributed by atoms with Gasteiger partial charge in [0.1, 0.15) is 17.4 Å². The molecule has 1 unspecified atom stereocenters. The second-order valence-electron chi connectivity index (χ2n) is 6.87. The van der Waals surface area contributed by atoms with Crippen molar-refractivity contribution in [3.63, 3.8) is 0 Å². The molecule has 1 aliphatic rings. The molecule has 1 atom stereocenters. The molecule has 3 aromatic rings. The van der Waals surface area contributed by atoms with Gasteiger partial charge in [-0.05, 0) is 61.4 Å². The molecule has 1 fully saturated rings. The lowest BCUT2D eigenvalue weighted by Crippen LogP contribution is -2.39. The Hall–Kier alpha value is -2.85. The highest BCUT2D eigenvalue weighted by Crippen LogP contribution is 2.34. The molecule has 0 radical (unpaired) electrons. The van der Waals surface area contributed by atoms with Crippen molar-refractivity contribution >= 4 is 10.0 Å². The van der Waals surface area contributed by atoms with Crippen molar-refractivity contribution in [1.82, 2.24) is 14.4 Å². The molecular weight excluding hydrogens is 416 g/mol. The third kappa shape index (κ3) is 4.34. The Balaban J connectivity index is 1.51. The van der Waals surface area contributed by atoms with Crippen LogP contribution >= 0.6 is 0 Å². The maximum atomic E-state index is 13.2. The summed E-state index contributed by atoms with van der Waals surface area (Å²) in [7, 11) is -3.85. The zero-order valence-electron chi connectivity index (χ0n) is 15.9. The largest absolute Gasteiger partial charge is 0.484 e. The van der Waals surface area contributed by atoms with E-state index in [4.69, 9.17) is 9.26 Å². The topological polar surface area (TPSA) is 85.5 Å². The zero-order chi connectivity index (χ0) is 21.1. The Kier molecular flexibility index (Phi) is 5.78. The van der Waals surface area contributed by atoms with Crippen LogP contribution in [0.1, 0.15) is 37.0 Å². The second kappa shape index (κ2) is 8.49. The molecule has 2 aromatic carbocycles. The first-order valence-corrected chi connectivity index (χ1v) is 10.9. The molecule has 0 saturated carbocycles. The first-order chi connectivity index (χ1) is 14.4. The van der Waals surface area contributed by atoms with Crippen molar-refractivity contribution in [3.05, 3.63) is 71.9 Å². The molecule has 158 valence electrons. The van der Waals surface area contributed by atoms with E-state index >= 15 is 0 Å². The van der Waals surface area contributed by atoms with Gasteiger partial charge in [0.05, 0.1) is 10.9 Å². The smallest absolute Gasteiger partial charge is 0.264 e. The number of ether oxygens (including phenoxy) is 1. The maximum absolute atomic E-state index is 13.2. The van der Waals surface area contributed by atoms with Crippen LogP contribution in [0, 0.1) is 11.6 Å². The van der Waals surface area contributed by atoms with E-state index in [0.717, 1.165) is 18.6 Å². The van der Waals surface area contributed by atoms with Crippen molar-refractivity contribution < 1.29 is 26.5 Å². The first kappa shape index (κ1) is 20.4. The summed E-state index contributed by atoms with van der Waals surface area (Å²) in [5.74, 6) is -0.0123. The molecule has 7 nitrogen and oxygen atoms in total. The number of sulfonamides is 1. The molecule has 0 bridgehead atoms. The average molecular weight is 435 g/mol. The molecule has 0 aliphatic carbocycles. The lowest BCUT2D eigenvalue weighted by molar-refractivity contribution is 0.231. The van der Waals surface area contributed by atoms with Crippen molar-refractivity contribution in [2.75, 3.05) is 6.54 Å². The van der Waals surface area contributed by atoms with Crippen molar-refractivity contribution in [1.29, 1.82) is 0 Å². The van der Waals surface area contributed by atoms with Gasteiger partial charge in [-0.25, -0.2) is 17.2 Å². The molecule has 1 saturated heterocycles. The SMILES string of the molecule is O=S(=O)(c1ccc(F)cc1)N1CCCCC1c1noc(COc2ccc(F)cc2)n1. The van der Waals surface area contributed by atoms with Gasteiger partial charge in [0.2, 0.25) is 10.0 Å². The molecule has 0 amide bonds. The van der Waals surface area contributed by atoms with Crippen LogP contribution in [0.25, 0.3) is 0 Å². The first-order valence-electron chi connectivity index (χ1n) is 9.42. The second-order valence-corrected chi connectivity index (χ2v) is 8.76. The molecule has 1 aromatic heterocycles. The van der Waals surface area contributed by atoms with Crippen LogP contribution in [0.15, 0.2) is 57.9 Å². The third-order valence-corrected chi connectivity index (χ3v) is 6.75. The summed E-state index contributed by atoms with van der Waals surface area (Å²) in [5.41, 5.74) is 0. The van der Waals surface area contributed by atoms with E-state index in [9.17, 15) is 17.2 Å². The molecular formula is C20H19F2N3O4S. The predicted octanol–water partition coefficient (Wildman–Crippen LogP) is 3.84. The average Bonchev–Trinajstić information content (AvgIpc) is 3.23. The Morgan fingerprint density at radius 3 is 2.40 bits per heavy atom. The fraction of sp³-hybridized carbons (Fsp3) is 0.300. The van der Waals surface area contributed by atoms with Crippen LogP contribution in [-0.4, -0.2) is 29.4 Å². The number of piperidine rings is 1. The zero-order valence-corrected chi connectivity index (χ0v) is 16.7. The van der Waals surface area contributed by atoms with Gasteiger partial charge in [-0.15, -0.1) is 0 Å². The third-order valence-electron chi connectivity index (χ3n) is 4.83. The molecule has 0 spiro atoms. The number of hydrogen-bond donors (Lipinski definition) is 0. The monoisotopic (exact) mass is 435 g/mol. The van der Waals surface area contributed by atoms with Gasteiger partial charge in [0.25, 0.3) is 5.89 Å². The van der Waals surface area contributed by atoms with E-state index in [0.29, 0.717) is 25.1 Å². The maximum Gasteiger partial charge on any atom is 0.264 e. The van der Waals surface area contributed by atoms with Crippen molar-refractivity contribution in [3.8, 4) is 5.75 Å². The molecule has 4 rings (SSSR count). The van der Waals surface area contributed by atoms with Crippen LogP contribution < -0.4 is 4.74 Å². The number of aromatic nitrogens is 2. The summed E-state index contributed by atoms with van der Waals surface area (Å²) < 4.78 is 64.4. The minimum atomic E-state index is -3.85. The van der Waals surface area contributed by atoms with Crippen LogP contribution in [0.2, 0.25) is 0 Å². The van der Waals surface area contributed by atoms with E-state index in [-0.39, 0.29) is 29.0 Å². The van der Waals surface area contributed by atoms with Crippen LogP contribution in [-0.2, 0) is 16.6 Å². The summed E-state index contributed by atoms with van der Waals surface area (Å²) in [5, 5.41) is 3.95. The van der Waals surface area contributed by atoms with Crippen molar-refractivity contribution in [2.24, 2.45) is 0 Å². The number of halogens is 2. The molecule has 10 heteroatoms. The van der Waals surface area contributed by atoms with E-state index in [1.807, 2.05) is 0 Å². The Bertz CT molecular complexity index is 1100. The van der Waals surface area contributed by atoms with Gasteiger partial charge in [-0.2, -0.15) is 9.29 Å². The van der Waals surface area contributed by atoms with Crippen molar-refractivity contribution in [2.45, 2.75) is 36.8 Å². The minimum absolute atomic E-state index is 0.0131. The highest BCUT2D eigenvalue weighted by Gasteiger charge is 2.37. The van der Waals surface area contributed by atoms with E-state index < -0.39 is 21.9 Å². The quantitative estimate of drug-likeness (QED) is 0.585. The summed E-state index contributed by atoms with van der Waals surface area (Å²) in [6.07, 6.45) is 2.06. The lowest BCUT2D eigenvalue weighted by Gasteiger charge is -2.32. The number of hydrogen-bond acceptors (Lipinski definition) is 6. The summed E-state index contributed by atoms with van der Waals surface area (Å²) in [4.78, 5) is 4.31. The Labute approximate surface area is 172 Å². The molecule has 0 N–H and O–H groups in total. The van der Waals surface area contributed by atoms with E-state index in [1.165, 1.54) is 40.7 Å². The van der Waals surface area contributed by atoms with Gasteiger partial charge < -0.3 is 9.26 Å². The van der Waals surface area contributed by atoms with Gasteiger partial charge >= 0.3 is 0 Å². The normalized spacial score (nSPS) is 17.7. The van der Waals surface area contributed by atoms with Crippen LogP contribution in [0.4, 0.5) is 8.78 Å². The number of benzene rings is 2. The summed E-state index contributed by atoms with van der Waals surface area (Å²) >= 11 is 0. The van der Waals surface area contributed by atoms with Gasteiger partial charge in [-0.1, -0.05) is 11.6 Å². The highest BCUT2D eigenvalue weighted by atomic mass is 32.2. The number of rotatable bonds is 6. The fourth-order valence-electron chi connectivity index (χ4n) is 3.33. The summed E-state index contributed by atoms with van der Waals surface area (Å²) in [6, 6.07) is 9.63. The fourth-order valence-corrected chi connectivity index (χ4v) is 4.99. The molecule has 2 heterocycles. The summed E-state index contributed by atoms with van der Waals surface area (Å²) in [6.45, 7) is 0.274. The van der Waals surface area contributed by atoms with E-state index in [2.05, 4.69) is 10.1 Å². The predicted molar refractivity (Wildman–Crippen MR) is 102 cm³/mol. The highest BCUT2D eigenvalue weighted by molar-refractivity contribution is 7.89. The van der Waals surface area contributed by atoms with Gasteiger partial charge in [0.15, 0.2) is 12.4 Å². The van der Waals surface area contributed by atoms with Crippen LogP contribution in [0.3, 0.4) is 0 Å². The molecule has 30 heavy (non-hydrogen) atoms. The standard InChI is InChI=1S/C20H19F2N3O4S/c21-14-4-8-16(9-5-14)28-13-19-23-20(24-29-19)18-3-1-2-12-25(18)30(26,27)17-10-6-15(22)7-11-17/h4-11,18H,1-3,12-13H2. The van der Waals surface area contributed by atoms with Crippen LogP contribution in [0.5, 0.6) is 5.75 Å². The number of nitrogens with zero attached hydrogens (tertiary/aromatic N) is 3. The Morgan fingerprint density at radius 2 is 1.70 bits per heavy atom. The van der Waals surface area contributed by atoms with Gasteiger partial charge in [0, 0.05) is 6.54 Å². The van der Waals surface area contributed by atoms with Gasteiger partial charge in [-0.3, -0.25) is 0 Å². The Morgan fingerprint density at radius 1 is 1.03 bits per heavy atom. The molecule has 1 aliphatic heterocycles. The lowest BCUT2D eigenvalue weighted by atomic mass is 10.0. The minimum Gasteiger partial charge on any atom is -0.484 e.